The van der Waals surface area contributed by atoms with Gasteiger partial charge in [0, 0.05) is 5.69 Å². The molecule has 3 rings (SSSR count). The Morgan fingerprint density at radius 1 is 1.14 bits per heavy atom. The van der Waals surface area contributed by atoms with Crippen molar-refractivity contribution in [3.63, 3.8) is 0 Å². The summed E-state index contributed by atoms with van der Waals surface area (Å²) in [6, 6.07) is 10.2. The van der Waals surface area contributed by atoms with Gasteiger partial charge in [-0.1, -0.05) is 0 Å². The number of rotatable bonds is 5. The van der Waals surface area contributed by atoms with Gasteiger partial charge in [-0.2, -0.15) is 0 Å². The van der Waals surface area contributed by atoms with E-state index in [0.29, 0.717) is 17.0 Å². The molecule has 0 aliphatic carbocycles. The molecule has 2 N–H and O–H groups in total. The molecule has 0 bridgehead atoms. The molecule has 0 spiro atoms. The topological polar surface area (TPSA) is 122 Å². The molecule has 1 unspecified atom stereocenters. The summed E-state index contributed by atoms with van der Waals surface area (Å²) >= 11 is 0. The minimum Gasteiger partial charge on any atom is -0.479 e. The van der Waals surface area contributed by atoms with Crippen LogP contribution in [0.5, 0.6) is 5.75 Å². The van der Waals surface area contributed by atoms with Crippen molar-refractivity contribution in [3.05, 3.63) is 53.6 Å². The number of carbonyl (C=O) groups is 4. The van der Waals surface area contributed by atoms with Gasteiger partial charge in [-0.3, -0.25) is 14.5 Å². The van der Waals surface area contributed by atoms with Crippen LogP contribution in [0.15, 0.2) is 42.5 Å². The minimum absolute atomic E-state index is 0.0292. The number of carbonyl (C=O) groups excluding carboxylic acids is 3. The van der Waals surface area contributed by atoms with Gasteiger partial charge in [0.15, 0.2) is 6.10 Å². The largest absolute Gasteiger partial charge is 0.479 e. The molecular formula is C20H18N2O7. The van der Waals surface area contributed by atoms with Gasteiger partial charge in [0.1, 0.15) is 12.3 Å². The first-order valence-electron chi connectivity index (χ1n) is 8.63. The van der Waals surface area contributed by atoms with E-state index in [9.17, 15) is 24.3 Å². The smallest absolute Gasteiger partial charge is 0.337 e. The zero-order valence-electron chi connectivity index (χ0n) is 15.7. The quantitative estimate of drug-likeness (QED) is 0.738. The minimum atomic E-state index is -1.16. The monoisotopic (exact) mass is 398 g/mol. The number of amides is 2. The second-order valence-electron chi connectivity index (χ2n) is 6.29. The van der Waals surface area contributed by atoms with E-state index in [4.69, 9.17) is 4.74 Å². The number of carboxylic acid groups (broad SMARTS) is 1. The molecule has 2 amide bonds. The number of benzene rings is 2. The normalized spacial score (nSPS) is 15.2. The van der Waals surface area contributed by atoms with Gasteiger partial charge in [-0.25, -0.2) is 9.59 Å². The highest BCUT2D eigenvalue weighted by Crippen LogP contribution is 2.34. The summed E-state index contributed by atoms with van der Waals surface area (Å²) in [5, 5.41) is 11.8. The van der Waals surface area contributed by atoms with Crippen LogP contribution in [-0.2, 0) is 14.3 Å². The highest BCUT2D eigenvalue weighted by Gasteiger charge is 2.33. The molecule has 2 aromatic carbocycles. The number of ether oxygens (including phenoxy) is 2. The third kappa shape index (κ3) is 4.18. The van der Waals surface area contributed by atoms with Crippen LogP contribution < -0.4 is 15.0 Å². The fraction of sp³-hybridized carbons (Fsp3) is 0.200. The lowest BCUT2D eigenvalue weighted by Crippen LogP contribution is -2.47. The molecule has 1 aliphatic heterocycles. The maximum atomic E-state index is 12.5. The number of nitrogens with zero attached hydrogens (tertiary/aromatic N) is 1. The van der Waals surface area contributed by atoms with Crippen LogP contribution in [0.2, 0.25) is 0 Å². The van der Waals surface area contributed by atoms with E-state index in [1.807, 2.05) is 0 Å². The standard InChI is InChI=1S/C20H18N2O7/c1-11-18(24)22(15-9-13(19(25)26)5-8-16(15)29-11)10-17(23)21-14-6-3-12(4-7-14)20(27)28-2/h3-9,11H,10H2,1-2H3,(H,21,23)(H,25,26). The van der Waals surface area contributed by atoms with Crippen molar-refractivity contribution in [3.8, 4) is 5.75 Å². The highest BCUT2D eigenvalue weighted by molar-refractivity contribution is 6.07. The van der Waals surface area contributed by atoms with Gasteiger partial charge in [0.05, 0.1) is 23.9 Å². The predicted molar refractivity (Wildman–Crippen MR) is 102 cm³/mol. The van der Waals surface area contributed by atoms with Crippen LogP contribution in [0.3, 0.4) is 0 Å². The van der Waals surface area contributed by atoms with Crippen LogP contribution >= 0.6 is 0 Å². The highest BCUT2D eigenvalue weighted by atomic mass is 16.5. The first-order chi connectivity index (χ1) is 13.8. The molecule has 1 atom stereocenters. The first kappa shape index (κ1) is 19.9. The Balaban J connectivity index is 1.79. The summed E-state index contributed by atoms with van der Waals surface area (Å²) in [5.41, 5.74) is 0.941. The van der Waals surface area contributed by atoms with E-state index in [2.05, 4.69) is 10.1 Å². The van der Waals surface area contributed by atoms with E-state index >= 15 is 0 Å². The zero-order valence-corrected chi connectivity index (χ0v) is 15.7. The van der Waals surface area contributed by atoms with Crippen molar-refractivity contribution in [2.45, 2.75) is 13.0 Å². The summed E-state index contributed by atoms with van der Waals surface area (Å²) in [4.78, 5) is 48.9. The number of aromatic carboxylic acids is 1. The summed E-state index contributed by atoms with van der Waals surface area (Å²) in [5.74, 6) is -2.30. The van der Waals surface area contributed by atoms with Crippen molar-refractivity contribution in [1.29, 1.82) is 0 Å². The number of nitrogens with one attached hydrogen (secondary N) is 1. The molecule has 9 heteroatoms. The summed E-state index contributed by atoms with van der Waals surface area (Å²) in [6.45, 7) is 1.22. The number of hydrogen-bond donors (Lipinski definition) is 2. The van der Waals surface area contributed by atoms with E-state index < -0.39 is 29.9 Å². The molecule has 150 valence electrons. The number of methoxy groups -OCH3 is 1. The Morgan fingerprint density at radius 3 is 2.41 bits per heavy atom. The lowest BCUT2D eigenvalue weighted by atomic mass is 10.1. The lowest BCUT2D eigenvalue weighted by Gasteiger charge is -2.32. The van der Waals surface area contributed by atoms with Crippen LogP contribution in [0.25, 0.3) is 0 Å². The number of anilines is 2. The molecule has 1 heterocycles. The molecule has 0 radical (unpaired) electrons. The summed E-state index contributed by atoms with van der Waals surface area (Å²) in [6.07, 6.45) is -0.815. The molecule has 0 aromatic heterocycles. The van der Waals surface area contributed by atoms with E-state index in [0.717, 1.165) is 0 Å². The van der Waals surface area contributed by atoms with Crippen molar-refractivity contribution in [2.75, 3.05) is 23.9 Å². The Morgan fingerprint density at radius 2 is 1.79 bits per heavy atom. The molecule has 0 saturated carbocycles. The van der Waals surface area contributed by atoms with Gasteiger partial charge < -0.3 is 19.9 Å². The molecule has 9 nitrogen and oxygen atoms in total. The fourth-order valence-corrected chi connectivity index (χ4v) is 2.85. The number of hydrogen-bond acceptors (Lipinski definition) is 6. The number of fused-ring (bicyclic) bond motifs is 1. The molecule has 0 saturated heterocycles. The van der Waals surface area contributed by atoms with E-state index in [1.54, 1.807) is 6.92 Å². The van der Waals surface area contributed by atoms with Gasteiger partial charge in [-0.15, -0.1) is 0 Å². The maximum Gasteiger partial charge on any atom is 0.337 e. The Kier molecular flexibility index (Phi) is 5.49. The van der Waals surface area contributed by atoms with Gasteiger partial charge in [-0.05, 0) is 49.4 Å². The molecule has 1 aliphatic rings. The van der Waals surface area contributed by atoms with E-state index in [1.165, 1.54) is 54.5 Å². The predicted octanol–water partition coefficient (Wildman–Crippen LogP) is 1.92. The first-order valence-corrected chi connectivity index (χ1v) is 8.63. The van der Waals surface area contributed by atoms with Crippen molar-refractivity contribution in [2.24, 2.45) is 0 Å². The van der Waals surface area contributed by atoms with Crippen molar-refractivity contribution < 1.29 is 33.8 Å². The number of esters is 1. The Bertz CT molecular complexity index is 985. The molecular weight excluding hydrogens is 380 g/mol. The van der Waals surface area contributed by atoms with Crippen LogP contribution in [0.4, 0.5) is 11.4 Å². The third-order valence-electron chi connectivity index (χ3n) is 4.31. The van der Waals surface area contributed by atoms with E-state index in [-0.39, 0.29) is 17.8 Å². The average molecular weight is 398 g/mol. The summed E-state index contributed by atoms with van der Waals surface area (Å²) < 4.78 is 10.1. The van der Waals surface area contributed by atoms with Crippen LogP contribution in [0.1, 0.15) is 27.6 Å². The SMILES string of the molecule is COC(=O)c1ccc(NC(=O)CN2C(=O)C(C)Oc3ccc(C(=O)O)cc32)cc1. The molecule has 0 fully saturated rings. The average Bonchev–Trinajstić information content (AvgIpc) is 2.71. The molecule has 2 aromatic rings. The van der Waals surface area contributed by atoms with Crippen molar-refractivity contribution >= 4 is 35.1 Å². The van der Waals surface area contributed by atoms with Crippen LogP contribution in [0, 0.1) is 0 Å². The fourth-order valence-electron chi connectivity index (χ4n) is 2.85. The number of carboxylic acids is 1. The van der Waals surface area contributed by atoms with Gasteiger partial charge in [0.25, 0.3) is 5.91 Å². The zero-order chi connectivity index (χ0) is 21.1. The second kappa shape index (κ2) is 8.01. The summed E-state index contributed by atoms with van der Waals surface area (Å²) in [7, 11) is 1.27. The lowest BCUT2D eigenvalue weighted by molar-refractivity contribution is -0.127. The molecule has 29 heavy (non-hydrogen) atoms. The third-order valence-corrected chi connectivity index (χ3v) is 4.31. The van der Waals surface area contributed by atoms with Gasteiger partial charge >= 0.3 is 11.9 Å². The Hall–Kier alpha value is -3.88. The van der Waals surface area contributed by atoms with Crippen molar-refractivity contribution in [1.82, 2.24) is 0 Å². The maximum absolute atomic E-state index is 12.5. The Labute approximate surface area is 165 Å². The van der Waals surface area contributed by atoms with Gasteiger partial charge in [0.2, 0.25) is 5.91 Å². The van der Waals surface area contributed by atoms with Crippen LogP contribution in [-0.4, -0.2) is 48.6 Å². The second-order valence-corrected chi connectivity index (χ2v) is 6.29.